The van der Waals surface area contributed by atoms with Crippen molar-refractivity contribution in [3.05, 3.63) is 187 Å². The van der Waals surface area contributed by atoms with Gasteiger partial charge in [-0.15, -0.1) is 0 Å². The molecular weight excluding hydrogens is 671 g/mol. The number of nitrogens with one attached hydrogen (secondary N) is 1. The summed E-state index contributed by atoms with van der Waals surface area (Å²) >= 11 is 0. The first-order chi connectivity index (χ1) is 27.3. The third kappa shape index (κ3) is 3.74. The van der Waals surface area contributed by atoms with Crippen molar-refractivity contribution in [1.29, 1.82) is 0 Å². The average Bonchev–Trinajstić information content (AvgIpc) is 3.85. The van der Waals surface area contributed by atoms with E-state index in [2.05, 4.69) is 195 Å². The molecule has 0 saturated heterocycles. The molecule has 5 nitrogen and oxygen atoms in total. The van der Waals surface area contributed by atoms with Gasteiger partial charge in [-0.2, -0.15) is 0 Å². The second-order valence-corrected chi connectivity index (χ2v) is 14.8. The van der Waals surface area contributed by atoms with Crippen LogP contribution >= 0.6 is 0 Å². The largest absolute Gasteiger partial charge is 0.344 e. The molecular formula is C50H31N5. The average molecular weight is 702 g/mol. The fourth-order valence-electron chi connectivity index (χ4n) is 9.86. The highest BCUT2D eigenvalue weighted by molar-refractivity contribution is 6.40. The quantitative estimate of drug-likeness (QED) is 0.191. The van der Waals surface area contributed by atoms with Gasteiger partial charge in [0.1, 0.15) is 0 Å². The van der Waals surface area contributed by atoms with E-state index in [1.54, 1.807) is 0 Å². The standard InChI is InChI=1S/C50H31N5/c1-3-15-30(16-4-1)48-34-20-7-10-24-37(34)51-50(52-48)55-41-28-14-27-40-46(41)47-43(55)29-42-44(35-21-9-12-26-39(35)53(42)31-17-5-2-6-18-31)45(47)36-23-13-22-33-32-19-8-11-25-38(32)54(40)49(33)36/h1-29,48H,(H,51,52). The number of rotatable bonds is 2. The zero-order valence-electron chi connectivity index (χ0n) is 29.6. The molecule has 8 aromatic carbocycles. The minimum Gasteiger partial charge on any atom is -0.344 e. The van der Waals surface area contributed by atoms with Gasteiger partial charge in [-0.1, -0.05) is 127 Å². The first-order valence-corrected chi connectivity index (χ1v) is 18.9. The predicted octanol–water partition coefficient (Wildman–Crippen LogP) is 12.3. The minimum atomic E-state index is -0.0683. The molecule has 0 saturated carbocycles. The number of nitrogens with zero attached hydrogens (tertiary/aromatic N) is 4. The van der Waals surface area contributed by atoms with Crippen LogP contribution in [0, 0.1) is 0 Å². The fraction of sp³-hybridized carbons (Fsp3) is 0.0200. The number of hydrogen-bond acceptors (Lipinski definition) is 2. The van der Waals surface area contributed by atoms with Gasteiger partial charge in [0.05, 0.1) is 50.3 Å². The summed E-state index contributed by atoms with van der Waals surface area (Å²) in [7, 11) is 0. The van der Waals surface area contributed by atoms with Gasteiger partial charge in [0.25, 0.3) is 0 Å². The second kappa shape index (κ2) is 10.6. The van der Waals surface area contributed by atoms with E-state index in [0.29, 0.717) is 0 Å². The molecule has 12 aromatic rings. The summed E-state index contributed by atoms with van der Waals surface area (Å²) in [4.78, 5) is 5.45. The Hall–Kier alpha value is -7.37. The first kappa shape index (κ1) is 29.1. The van der Waals surface area contributed by atoms with Gasteiger partial charge in [-0.25, -0.2) is 4.99 Å². The van der Waals surface area contributed by atoms with E-state index < -0.39 is 0 Å². The summed E-state index contributed by atoms with van der Waals surface area (Å²) in [6.45, 7) is 0. The maximum absolute atomic E-state index is 5.45. The number of hydrogen-bond donors (Lipinski definition) is 1. The zero-order chi connectivity index (χ0) is 35.8. The van der Waals surface area contributed by atoms with Crippen LogP contribution in [0.1, 0.15) is 17.2 Å². The molecule has 0 fully saturated rings. The molecule has 5 heteroatoms. The van der Waals surface area contributed by atoms with Gasteiger partial charge in [0.2, 0.25) is 5.96 Å². The van der Waals surface area contributed by atoms with Crippen LogP contribution in [0.15, 0.2) is 181 Å². The van der Waals surface area contributed by atoms with Gasteiger partial charge in [0, 0.05) is 54.3 Å². The summed E-state index contributed by atoms with van der Waals surface area (Å²) in [5, 5.41) is 14.0. The first-order valence-electron chi connectivity index (χ1n) is 18.9. The smallest absolute Gasteiger partial charge is 0.209 e. The third-order valence-corrected chi connectivity index (χ3v) is 12.0. The van der Waals surface area contributed by atoms with Crippen molar-refractivity contribution in [2.24, 2.45) is 4.99 Å². The van der Waals surface area contributed by atoms with Gasteiger partial charge in [-0.05, 0) is 54.1 Å². The molecule has 1 N–H and O–H groups in total. The summed E-state index contributed by atoms with van der Waals surface area (Å²) < 4.78 is 7.36. The third-order valence-electron chi connectivity index (χ3n) is 12.0. The lowest BCUT2D eigenvalue weighted by molar-refractivity contribution is 0.731. The highest BCUT2D eigenvalue weighted by Gasteiger charge is 2.30. The second-order valence-electron chi connectivity index (χ2n) is 14.8. The molecule has 256 valence electrons. The lowest BCUT2D eigenvalue weighted by Gasteiger charge is -2.28. The molecule has 0 amide bonds. The number of aliphatic imine (C=N–C) groups is 1. The summed E-state index contributed by atoms with van der Waals surface area (Å²) in [5.74, 6) is 0.814. The van der Waals surface area contributed by atoms with E-state index in [4.69, 9.17) is 4.99 Å². The van der Waals surface area contributed by atoms with E-state index in [1.165, 1.54) is 81.8 Å². The Morgan fingerprint density at radius 3 is 1.93 bits per heavy atom. The highest BCUT2D eigenvalue weighted by atomic mass is 15.2. The Morgan fingerprint density at radius 1 is 0.418 bits per heavy atom. The van der Waals surface area contributed by atoms with E-state index in [9.17, 15) is 0 Å². The molecule has 1 unspecified atom stereocenters. The topological polar surface area (TPSA) is 38.7 Å². The van der Waals surface area contributed by atoms with Crippen molar-refractivity contribution >= 4 is 93.4 Å². The van der Waals surface area contributed by atoms with Crippen LogP contribution < -0.4 is 5.32 Å². The van der Waals surface area contributed by atoms with Crippen LogP contribution in [-0.2, 0) is 0 Å². The molecule has 1 atom stereocenters. The number of benzene rings is 8. The maximum atomic E-state index is 5.45. The monoisotopic (exact) mass is 701 g/mol. The van der Waals surface area contributed by atoms with Crippen LogP contribution in [0.2, 0.25) is 0 Å². The number of aromatic nitrogens is 3. The fourth-order valence-corrected chi connectivity index (χ4v) is 9.86. The zero-order valence-corrected chi connectivity index (χ0v) is 29.6. The van der Waals surface area contributed by atoms with Gasteiger partial charge in [0.15, 0.2) is 0 Å². The molecule has 0 bridgehead atoms. The normalized spacial score (nSPS) is 14.6. The summed E-state index contributed by atoms with van der Waals surface area (Å²) in [5.41, 5.74) is 12.7. The van der Waals surface area contributed by atoms with Crippen molar-refractivity contribution in [3.8, 4) is 5.69 Å². The van der Waals surface area contributed by atoms with Crippen molar-refractivity contribution in [2.45, 2.75) is 6.04 Å². The Labute approximate surface area is 314 Å². The molecule has 4 aromatic heterocycles. The molecule has 1 aliphatic heterocycles. The highest BCUT2D eigenvalue weighted by Crippen LogP contribution is 2.49. The van der Waals surface area contributed by atoms with E-state index in [-0.39, 0.29) is 6.04 Å². The van der Waals surface area contributed by atoms with Crippen LogP contribution in [0.25, 0.3) is 87.4 Å². The minimum absolute atomic E-state index is 0.0683. The number of fused-ring (bicyclic) bond motifs is 10. The molecule has 13 rings (SSSR count). The lowest BCUT2D eigenvalue weighted by atomic mass is 9.96. The Balaban J connectivity index is 1.30. The SMILES string of the molecule is c1ccc(C2NC(n3c4cc5c(c6ccccc6n5-c5ccccc5)c5c6cccc7c8ccccc8n(c8cccc3c8c54)c76)=Nc3ccccc32)cc1. The Kier molecular flexibility index (Phi) is 5.62. The lowest BCUT2D eigenvalue weighted by Crippen LogP contribution is -2.36. The van der Waals surface area contributed by atoms with Crippen LogP contribution in [0.5, 0.6) is 0 Å². The van der Waals surface area contributed by atoms with Crippen LogP contribution in [-0.4, -0.2) is 19.5 Å². The molecule has 0 radical (unpaired) electrons. The van der Waals surface area contributed by atoms with E-state index in [1.807, 2.05) is 0 Å². The molecule has 0 spiro atoms. The van der Waals surface area contributed by atoms with Crippen LogP contribution in [0.3, 0.4) is 0 Å². The summed E-state index contributed by atoms with van der Waals surface area (Å²) in [6.07, 6.45) is 0. The van der Waals surface area contributed by atoms with Gasteiger partial charge >= 0.3 is 0 Å². The maximum Gasteiger partial charge on any atom is 0.209 e. The van der Waals surface area contributed by atoms with Crippen LogP contribution in [0.4, 0.5) is 5.69 Å². The van der Waals surface area contributed by atoms with E-state index >= 15 is 0 Å². The van der Waals surface area contributed by atoms with E-state index in [0.717, 1.165) is 28.4 Å². The van der Waals surface area contributed by atoms with Crippen molar-refractivity contribution in [2.75, 3.05) is 0 Å². The van der Waals surface area contributed by atoms with Gasteiger partial charge in [-0.3, -0.25) is 4.57 Å². The van der Waals surface area contributed by atoms with Crippen molar-refractivity contribution in [3.63, 3.8) is 0 Å². The molecule has 5 heterocycles. The Bertz CT molecular complexity index is 3570. The molecule has 55 heavy (non-hydrogen) atoms. The molecule has 0 aliphatic carbocycles. The van der Waals surface area contributed by atoms with Crippen molar-refractivity contribution < 1.29 is 0 Å². The number of para-hydroxylation sites is 5. The summed E-state index contributed by atoms with van der Waals surface area (Å²) in [6, 6.07) is 63.9. The predicted molar refractivity (Wildman–Crippen MR) is 229 cm³/mol. The molecule has 1 aliphatic rings. The van der Waals surface area contributed by atoms with Gasteiger partial charge < -0.3 is 14.3 Å². The Morgan fingerprint density at radius 2 is 1.05 bits per heavy atom. The van der Waals surface area contributed by atoms with Crippen molar-refractivity contribution in [1.82, 2.24) is 18.9 Å².